The topological polar surface area (TPSA) is 104 Å². The number of benzene rings is 2. The van der Waals surface area contributed by atoms with Crippen molar-refractivity contribution in [2.45, 2.75) is 0 Å². The van der Waals surface area contributed by atoms with E-state index < -0.39 is 11.7 Å². The Bertz CT molecular complexity index is 1030. The highest BCUT2D eigenvalue weighted by Crippen LogP contribution is 2.24. The molecule has 1 aromatic heterocycles. The van der Waals surface area contributed by atoms with Gasteiger partial charge in [-0.3, -0.25) is 9.59 Å². The Balaban J connectivity index is 0.00000150. The van der Waals surface area contributed by atoms with Gasteiger partial charge < -0.3 is 20.9 Å². The van der Waals surface area contributed by atoms with Gasteiger partial charge in [0.2, 0.25) is 0 Å². The maximum Gasteiger partial charge on any atom is 0.253 e. The molecule has 0 unspecified atom stereocenters. The lowest BCUT2D eigenvalue weighted by Gasteiger charge is -2.27. The molecule has 1 aliphatic rings. The molecule has 0 aliphatic carbocycles. The lowest BCUT2D eigenvalue weighted by atomic mass is 10.1. The molecular weight excluding hydrogens is 420 g/mol. The predicted molar refractivity (Wildman–Crippen MR) is 113 cm³/mol. The minimum Gasteiger partial charge on any atom is -0.366 e. The van der Waals surface area contributed by atoms with Crippen molar-refractivity contribution in [1.29, 1.82) is 0 Å². The Labute approximate surface area is 178 Å². The Kier molecular flexibility index (Phi) is 7.18. The van der Waals surface area contributed by atoms with Crippen LogP contribution in [0.1, 0.15) is 20.7 Å². The summed E-state index contributed by atoms with van der Waals surface area (Å²) in [5, 5.41) is 3.21. The first-order valence-electron chi connectivity index (χ1n) is 8.62. The molecule has 1 saturated heterocycles. The van der Waals surface area contributed by atoms with Crippen molar-refractivity contribution in [2.75, 3.05) is 26.2 Å². The number of H-pyrrole nitrogens is 1. The van der Waals surface area contributed by atoms with Crippen molar-refractivity contribution < 1.29 is 14.0 Å². The number of nitrogens with two attached hydrogens (primary N) is 1. The van der Waals surface area contributed by atoms with Crippen LogP contribution in [0.25, 0.3) is 22.4 Å². The average Bonchev–Trinajstić information content (AvgIpc) is 3.11. The van der Waals surface area contributed by atoms with Crippen LogP contribution < -0.4 is 11.1 Å². The van der Waals surface area contributed by atoms with Crippen LogP contribution in [0.15, 0.2) is 36.4 Å². The standard InChI is InChI=1S/C19H18FN5O2.2ClH/c20-13-9-14(17(21)26)16-15(10-13)23-18(24-16)11-1-3-12(4-2-11)19(27)25-7-5-22-6-8-25;;/h1-4,9-10,22H,5-8H2,(H2,21,26)(H,23,24);2*1H. The van der Waals surface area contributed by atoms with E-state index in [0.717, 1.165) is 24.7 Å². The number of imidazole rings is 1. The van der Waals surface area contributed by atoms with Gasteiger partial charge in [0.1, 0.15) is 17.2 Å². The van der Waals surface area contributed by atoms with Gasteiger partial charge in [0, 0.05) is 37.3 Å². The van der Waals surface area contributed by atoms with E-state index in [1.165, 1.54) is 6.07 Å². The van der Waals surface area contributed by atoms with Gasteiger partial charge >= 0.3 is 0 Å². The monoisotopic (exact) mass is 439 g/mol. The van der Waals surface area contributed by atoms with E-state index in [-0.39, 0.29) is 36.3 Å². The summed E-state index contributed by atoms with van der Waals surface area (Å²) in [5.74, 6) is -0.844. The fourth-order valence-corrected chi connectivity index (χ4v) is 3.23. The van der Waals surface area contributed by atoms with Crippen LogP contribution >= 0.6 is 24.8 Å². The number of amides is 2. The van der Waals surface area contributed by atoms with Gasteiger partial charge in [0.05, 0.1) is 11.1 Å². The van der Waals surface area contributed by atoms with Crippen molar-refractivity contribution >= 4 is 47.7 Å². The fraction of sp³-hybridized carbons (Fsp3) is 0.211. The second-order valence-electron chi connectivity index (χ2n) is 6.42. The third-order valence-electron chi connectivity index (χ3n) is 4.63. The molecule has 2 amide bonds. The molecule has 4 rings (SSSR count). The normalized spacial score (nSPS) is 13.5. The van der Waals surface area contributed by atoms with Crippen LogP contribution in [0.2, 0.25) is 0 Å². The molecule has 3 aromatic rings. The molecule has 0 bridgehead atoms. The first-order valence-corrected chi connectivity index (χ1v) is 8.62. The summed E-state index contributed by atoms with van der Waals surface area (Å²) in [7, 11) is 0. The van der Waals surface area contributed by atoms with Gasteiger partial charge in [-0.2, -0.15) is 0 Å². The second kappa shape index (κ2) is 9.21. The maximum absolute atomic E-state index is 13.7. The molecule has 0 saturated carbocycles. The molecule has 29 heavy (non-hydrogen) atoms. The van der Waals surface area contributed by atoms with Gasteiger partial charge in [-0.05, 0) is 24.3 Å². The summed E-state index contributed by atoms with van der Waals surface area (Å²) in [5.41, 5.74) is 7.37. The molecule has 7 nitrogen and oxygen atoms in total. The molecule has 4 N–H and O–H groups in total. The maximum atomic E-state index is 13.7. The molecule has 10 heteroatoms. The summed E-state index contributed by atoms with van der Waals surface area (Å²) >= 11 is 0. The van der Waals surface area contributed by atoms with Crippen molar-refractivity contribution in [3.63, 3.8) is 0 Å². The molecule has 0 spiro atoms. The van der Waals surface area contributed by atoms with Gasteiger partial charge in [0.15, 0.2) is 0 Å². The Morgan fingerprint density at radius 2 is 1.72 bits per heavy atom. The van der Waals surface area contributed by atoms with Crippen LogP contribution in [-0.4, -0.2) is 52.9 Å². The lowest BCUT2D eigenvalue weighted by molar-refractivity contribution is 0.0735. The van der Waals surface area contributed by atoms with Crippen LogP contribution in [0.4, 0.5) is 4.39 Å². The third-order valence-corrected chi connectivity index (χ3v) is 4.63. The predicted octanol–water partition coefficient (Wildman–Crippen LogP) is 2.36. The number of hydrogen-bond acceptors (Lipinski definition) is 4. The molecule has 2 heterocycles. The highest BCUT2D eigenvalue weighted by atomic mass is 35.5. The van der Waals surface area contributed by atoms with E-state index >= 15 is 0 Å². The number of nitrogens with zero attached hydrogens (tertiary/aromatic N) is 2. The van der Waals surface area contributed by atoms with Crippen molar-refractivity contribution in [1.82, 2.24) is 20.2 Å². The Morgan fingerprint density at radius 1 is 1.07 bits per heavy atom. The smallest absolute Gasteiger partial charge is 0.253 e. The molecular formula is C19H20Cl2FN5O2. The number of rotatable bonds is 3. The Morgan fingerprint density at radius 3 is 2.34 bits per heavy atom. The molecule has 2 aromatic carbocycles. The summed E-state index contributed by atoms with van der Waals surface area (Å²) in [6, 6.07) is 9.36. The SMILES string of the molecule is Cl.Cl.NC(=O)c1cc(F)cc2[nH]c(-c3ccc(C(=O)N4CCNCC4)cc3)nc12. The number of carbonyl (C=O) groups is 2. The summed E-state index contributed by atoms with van der Waals surface area (Å²) < 4.78 is 13.7. The van der Waals surface area contributed by atoms with Gasteiger partial charge in [-0.15, -0.1) is 24.8 Å². The van der Waals surface area contributed by atoms with E-state index in [4.69, 9.17) is 5.73 Å². The number of nitrogens with one attached hydrogen (secondary N) is 2. The van der Waals surface area contributed by atoms with Crippen molar-refractivity contribution in [3.8, 4) is 11.4 Å². The van der Waals surface area contributed by atoms with E-state index in [9.17, 15) is 14.0 Å². The zero-order valence-corrected chi connectivity index (χ0v) is 16.9. The third kappa shape index (κ3) is 4.50. The molecule has 0 atom stereocenters. The van der Waals surface area contributed by atoms with Crippen LogP contribution in [0.3, 0.4) is 0 Å². The molecule has 1 aliphatic heterocycles. The largest absolute Gasteiger partial charge is 0.366 e. The number of aromatic nitrogens is 2. The second-order valence-corrected chi connectivity index (χ2v) is 6.42. The zero-order valence-electron chi connectivity index (χ0n) is 15.3. The van der Waals surface area contributed by atoms with Crippen LogP contribution in [0, 0.1) is 5.82 Å². The van der Waals surface area contributed by atoms with E-state index in [0.29, 0.717) is 35.5 Å². The lowest BCUT2D eigenvalue weighted by Crippen LogP contribution is -2.46. The first-order chi connectivity index (χ1) is 13.0. The highest BCUT2D eigenvalue weighted by molar-refractivity contribution is 6.04. The summed E-state index contributed by atoms with van der Waals surface area (Å²) in [4.78, 5) is 33.3. The Hall–Kier alpha value is -2.68. The van der Waals surface area contributed by atoms with E-state index in [2.05, 4.69) is 15.3 Å². The molecule has 154 valence electrons. The number of primary amides is 1. The number of carbonyl (C=O) groups excluding carboxylic acids is 2. The number of piperazine rings is 1. The number of halogens is 3. The van der Waals surface area contributed by atoms with Gasteiger partial charge in [-0.25, -0.2) is 9.37 Å². The number of aromatic amines is 1. The minimum absolute atomic E-state index is 0. The number of hydrogen-bond donors (Lipinski definition) is 3. The van der Waals surface area contributed by atoms with E-state index in [1.54, 1.807) is 24.3 Å². The highest BCUT2D eigenvalue weighted by Gasteiger charge is 2.18. The van der Waals surface area contributed by atoms with Crippen molar-refractivity contribution in [2.24, 2.45) is 5.73 Å². The summed E-state index contributed by atoms with van der Waals surface area (Å²) in [6.07, 6.45) is 0. The van der Waals surface area contributed by atoms with E-state index in [1.807, 2.05) is 4.90 Å². The van der Waals surface area contributed by atoms with Crippen LogP contribution in [0.5, 0.6) is 0 Å². The van der Waals surface area contributed by atoms with Gasteiger partial charge in [0.25, 0.3) is 11.8 Å². The average molecular weight is 440 g/mol. The fourth-order valence-electron chi connectivity index (χ4n) is 3.23. The minimum atomic E-state index is -0.741. The van der Waals surface area contributed by atoms with Crippen LogP contribution in [-0.2, 0) is 0 Å². The molecule has 1 fully saturated rings. The molecule has 0 radical (unpaired) electrons. The number of fused-ring (bicyclic) bond motifs is 1. The zero-order chi connectivity index (χ0) is 19.0. The quantitative estimate of drug-likeness (QED) is 0.582. The van der Waals surface area contributed by atoms with Gasteiger partial charge in [-0.1, -0.05) is 12.1 Å². The first kappa shape index (κ1) is 22.6. The summed E-state index contributed by atoms with van der Waals surface area (Å²) in [6.45, 7) is 2.96. The van der Waals surface area contributed by atoms with Crippen molar-refractivity contribution in [3.05, 3.63) is 53.3 Å².